The molecule has 0 saturated carbocycles. The molecular weight excluding hydrogens is 465 g/mol. The zero-order valence-corrected chi connectivity index (χ0v) is 20.8. The highest BCUT2D eigenvalue weighted by molar-refractivity contribution is 5.82. The summed E-state index contributed by atoms with van der Waals surface area (Å²) < 4.78 is 31.1. The lowest BCUT2D eigenvalue weighted by Crippen LogP contribution is -2.47. The van der Waals surface area contributed by atoms with E-state index in [9.17, 15) is 9.18 Å². The van der Waals surface area contributed by atoms with Gasteiger partial charge in [0, 0.05) is 37.1 Å². The number of ether oxygens (including phenoxy) is 3. The second-order valence-corrected chi connectivity index (χ2v) is 9.77. The number of benzene rings is 1. The number of hydrogen-bond donors (Lipinski definition) is 2. The number of aryl methyl sites for hydroxylation is 1. The first kappa shape index (κ1) is 24.7. The molecule has 2 aromatic rings. The number of likely N-dealkylation sites (N-methyl/N-ethyl adjacent to an activating group) is 1. The monoisotopic (exact) mass is 499 g/mol. The zero-order valence-electron chi connectivity index (χ0n) is 20.8. The van der Waals surface area contributed by atoms with Crippen molar-refractivity contribution < 1.29 is 23.4 Å². The van der Waals surface area contributed by atoms with Crippen LogP contribution in [0.3, 0.4) is 0 Å². The largest absolute Gasteiger partial charge is 0.494 e. The van der Waals surface area contributed by atoms with Gasteiger partial charge in [-0.3, -0.25) is 4.79 Å². The summed E-state index contributed by atoms with van der Waals surface area (Å²) in [6.45, 7) is 2.37. The maximum atomic E-state index is 14.6. The van der Waals surface area contributed by atoms with Crippen LogP contribution in [0.4, 0.5) is 10.3 Å². The average molecular weight is 500 g/mol. The van der Waals surface area contributed by atoms with Gasteiger partial charge in [-0.1, -0.05) is 6.07 Å². The summed E-state index contributed by atoms with van der Waals surface area (Å²) in [5.41, 5.74) is 1.60. The number of fused-ring (bicyclic) bond motifs is 1. The summed E-state index contributed by atoms with van der Waals surface area (Å²) in [6.07, 6.45) is 6.01. The van der Waals surface area contributed by atoms with E-state index in [0.29, 0.717) is 30.2 Å². The second-order valence-electron chi connectivity index (χ2n) is 9.77. The Morgan fingerprint density at radius 1 is 1.25 bits per heavy atom. The molecule has 0 radical (unpaired) electrons. The molecule has 0 spiro atoms. The summed E-state index contributed by atoms with van der Waals surface area (Å²) in [5.74, 6) is 0.455. The van der Waals surface area contributed by atoms with Crippen molar-refractivity contribution in [3.63, 3.8) is 0 Å². The van der Waals surface area contributed by atoms with Crippen LogP contribution in [0, 0.1) is 5.82 Å². The van der Waals surface area contributed by atoms with Crippen molar-refractivity contribution in [3.8, 4) is 11.6 Å². The summed E-state index contributed by atoms with van der Waals surface area (Å²) in [5, 5.41) is 6.52. The number of carbonyl (C=O) groups is 1. The molecule has 3 aliphatic rings. The highest BCUT2D eigenvalue weighted by atomic mass is 19.1. The minimum absolute atomic E-state index is 0.0650. The molecule has 1 amide bonds. The smallest absolute Gasteiger partial charge is 0.261 e. The van der Waals surface area contributed by atoms with E-state index >= 15 is 0 Å². The third-order valence-corrected chi connectivity index (χ3v) is 7.40. The molecule has 0 aliphatic carbocycles. The Labute approximate surface area is 210 Å². The minimum atomic E-state index is -0.680. The minimum Gasteiger partial charge on any atom is -0.494 e. The lowest BCUT2D eigenvalue weighted by molar-refractivity contribution is -0.130. The van der Waals surface area contributed by atoms with Crippen molar-refractivity contribution in [3.05, 3.63) is 41.3 Å². The number of hydrogen-bond acceptors (Lipinski definition) is 8. The highest BCUT2D eigenvalue weighted by Crippen LogP contribution is 2.32. The summed E-state index contributed by atoms with van der Waals surface area (Å²) in [4.78, 5) is 24.6. The van der Waals surface area contributed by atoms with E-state index in [1.54, 1.807) is 12.3 Å². The predicted octanol–water partition coefficient (Wildman–Crippen LogP) is 2.86. The number of halogens is 1. The first-order chi connectivity index (χ1) is 17.5. The van der Waals surface area contributed by atoms with Crippen molar-refractivity contribution >= 4 is 11.9 Å². The Morgan fingerprint density at radius 3 is 2.81 bits per heavy atom. The van der Waals surface area contributed by atoms with Gasteiger partial charge in [0.05, 0.1) is 13.2 Å². The Kier molecular flexibility index (Phi) is 7.52. The van der Waals surface area contributed by atoms with Crippen molar-refractivity contribution in [2.24, 2.45) is 0 Å². The van der Waals surface area contributed by atoms with E-state index < -0.39 is 11.9 Å². The van der Waals surface area contributed by atoms with Gasteiger partial charge in [-0.2, -0.15) is 4.98 Å². The van der Waals surface area contributed by atoms with E-state index in [-0.39, 0.29) is 29.8 Å². The Hall–Kier alpha value is -2.98. The van der Waals surface area contributed by atoms with E-state index in [1.165, 1.54) is 13.2 Å². The number of aromatic nitrogens is 2. The molecule has 10 heteroatoms. The molecule has 194 valence electrons. The van der Waals surface area contributed by atoms with Crippen molar-refractivity contribution in [1.29, 1.82) is 0 Å². The van der Waals surface area contributed by atoms with Gasteiger partial charge in [-0.15, -0.1) is 0 Å². The SMILES string of the molecule is COc1ccc([C@H](NC(=O)[C@H]2CCc3cnc(NC4CCOCC4)nc3O2)[C@H]2CCCN2C)cc1F. The number of nitrogens with zero attached hydrogens (tertiary/aromatic N) is 3. The third kappa shape index (κ3) is 5.39. The number of amides is 1. The number of anilines is 1. The van der Waals surface area contributed by atoms with Crippen LogP contribution in [-0.2, 0) is 16.0 Å². The molecule has 0 unspecified atom stereocenters. The van der Waals surface area contributed by atoms with Crippen LogP contribution in [-0.4, -0.2) is 72.9 Å². The van der Waals surface area contributed by atoms with Gasteiger partial charge in [0.15, 0.2) is 17.7 Å². The van der Waals surface area contributed by atoms with Crippen LogP contribution in [0.1, 0.15) is 49.3 Å². The van der Waals surface area contributed by atoms with E-state index in [2.05, 4.69) is 25.5 Å². The fraction of sp³-hybridized carbons (Fsp3) is 0.577. The molecular formula is C26H34FN5O4. The van der Waals surface area contributed by atoms with Gasteiger partial charge < -0.3 is 29.7 Å². The molecule has 3 atom stereocenters. The highest BCUT2D eigenvalue weighted by Gasteiger charge is 2.35. The molecule has 2 fully saturated rings. The standard InChI is InChI=1S/C26H34FN5O4/c1-32-11-3-4-20(32)23(16-5-7-21(34-2)19(27)14-16)30-24(33)22-8-6-17-15-28-26(31-25(17)36-22)29-18-9-12-35-13-10-18/h5,7,14-15,18,20,22-23H,3-4,6,8-13H2,1-2H3,(H,30,33)(H,28,29,31)/t20-,22-,23+/m1/s1. The van der Waals surface area contributed by atoms with Crippen LogP contribution in [0.2, 0.25) is 0 Å². The summed E-state index contributed by atoms with van der Waals surface area (Å²) in [7, 11) is 3.47. The molecule has 0 bridgehead atoms. The fourth-order valence-electron chi connectivity index (χ4n) is 5.30. The molecule has 36 heavy (non-hydrogen) atoms. The van der Waals surface area contributed by atoms with Crippen molar-refractivity contribution in [1.82, 2.24) is 20.2 Å². The first-order valence-corrected chi connectivity index (χ1v) is 12.7. The van der Waals surface area contributed by atoms with E-state index in [4.69, 9.17) is 14.2 Å². The van der Waals surface area contributed by atoms with Gasteiger partial charge in [0.2, 0.25) is 11.8 Å². The van der Waals surface area contributed by atoms with Crippen LogP contribution in [0.25, 0.3) is 0 Å². The molecule has 2 saturated heterocycles. The Bertz CT molecular complexity index is 1080. The summed E-state index contributed by atoms with van der Waals surface area (Å²) >= 11 is 0. The van der Waals surface area contributed by atoms with E-state index in [0.717, 1.165) is 51.0 Å². The van der Waals surface area contributed by atoms with Crippen LogP contribution >= 0.6 is 0 Å². The quantitative estimate of drug-likeness (QED) is 0.600. The topological polar surface area (TPSA) is 97.8 Å². The zero-order chi connectivity index (χ0) is 25.1. The van der Waals surface area contributed by atoms with Gasteiger partial charge >= 0.3 is 0 Å². The molecule has 1 aromatic carbocycles. The number of methoxy groups -OCH3 is 1. The number of likely N-dealkylation sites (tertiary alicyclic amines) is 1. The van der Waals surface area contributed by atoms with Crippen LogP contribution < -0.4 is 20.1 Å². The average Bonchev–Trinajstić information content (AvgIpc) is 3.32. The molecule has 9 nitrogen and oxygen atoms in total. The fourth-order valence-corrected chi connectivity index (χ4v) is 5.30. The number of rotatable bonds is 7. The molecule has 3 aliphatic heterocycles. The normalized spacial score (nSPS) is 23.4. The first-order valence-electron chi connectivity index (χ1n) is 12.7. The maximum Gasteiger partial charge on any atom is 0.261 e. The van der Waals surface area contributed by atoms with Crippen LogP contribution in [0.15, 0.2) is 24.4 Å². The molecule has 5 rings (SSSR count). The molecule has 4 heterocycles. The number of nitrogens with one attached hydrogen (secondary N) is 2. The Morgan fingerprint density at radius 2 is 2.08 bits per heavy atom. The second kappa shape index (κ2) is 11.0. The van der Waals surface area contributed by atoms with Crippen molar-refractivity contribution in [2.45, 2.75) is 62.8 Å². The lowest BCUT2D eigenvalue weighted by Gasteiger charge is -2.32. The summed E-state index contributed by atoms with van der Waals surface area (Å²) in [6, 6.07) is 4.83. The van der Waals surface area contributed by atoms with Gasteiger partial charge in [-0.05, 0) is 69.8 Å². The molecule has 2 N–H and O–H groups in total. The molecule has 1 aromatic heterocycles. The van der Waals surface area contributed by atoms with E-state index in [1.807, 2.05) is 13.1 Å². The predicted molar refractivity (Wildman–Crippen MR) is 132 cm³/mol. The lowest BCUT2D eigenvalue weighted by atomic mass is 9.96. The van der Waals surface area contributed by atoms with Crippen LogP contribution in [0.5, 0.6) is 11.6 Å². The van der Waals surface area contributed by atoms with Gasteiger partial charge in [0.1, 0.15) is 0 Å². The van der Waals surface area contributed by atoms with Gasteiger partial charge in [0.25, 0.3) is 5.91 Å². The Balaban J connectivity index is 1.30. The third-order valence-electron chi connectivity index (χ3n) is 7.40. The maximum absolute atomic E-state index is 14.6. The van der Waals surface area contributed by atoms with Gasteiger partial charge in [-0.25, -0.2) is 9.37 Å². The van der Waals surface area contributed by atoms with Crippen molar-refractivity contribution in [2.75, 3.05) is 39.2 Å². The number of carbonyl (C=O) groups excluding carboxylic acids is 1.